The number of hydrogen-bond donors (Lipinski definition) is 0. The third-order valence-electron chi connectivity index (χ3n) is 4.58. The topological polar surface area (TPSA) is 69.9 Å². The first-order chi connectivity index (χ1) is 14.7. The van der Waals surface area contributed by atoms with Crippen LogP contribution >= 0.6 is 11.3 Å². The third kappa shape index (κ3) is 4.27. The molecule has 30 heavy (non-hydrogen) atoms. The lowest BCUT2D eigenvalue weighted by molar-refractivity contribution is -0.134. The van der Waals surface area contributed by atoms with Crippen molar-refractivity contribution < 1.29 is 19.1 Å². The van der Waals surface area contributed by atoms with Crippen molar-refractivity contribution in [3.63, 3.8) is 0 Å². The summed E-state index contributed by atoms with van der Waals surface area (Å²) in [6.07, 6.45) is 3.02. The number of esters is 1. The number of benzene rings is 2. The summed E-state index contributed by atoms with van der Waals surface area (Å²) in [5, 5.41) is 0. The number of hydrogen-bond acceptors (Lipinski definition) is 6. The molecule has 0 spiro atoms. The van der Waals surface area contributed by atoms with Gasteiger partial charge in [-0.1, -0.05) is 35.6 Å². The molecule has 0 saturated carbocycles. The van der Waals surface area contributed by atoms with Crippen molar-refractivity contribution in [3.05, 3.63) is 60.5 Å². The van der Waals surface area contributed by atoms with E-state index in [1.807, 2.05) is 36.5 Å². The van der Waals surface area contributed by atoms with Gasteiger partial charge in [-0.2, -0.15) is 0 Å². The Balaban J connectivity index is 1.44. The number of carbonyl (C=O) groups is 1. The van der Waals surface area contributed by atoms with E-state index in [2.05, 4.69) is 16.5 Å². The van der Waals surface area contributed by atoms with Gasteiger partial charge in [0.1, 0.15) is 5.75 Å². The summed E-state index contributed by atoms with van der Waals surface area (Å²) in [4.78, 5) is 28.5. The molecule has 152 valence electrons. The van der Waals surface area contributed by atoms with Crippen molar-refractivity contribution in [1.29, 1.82) is 0 Å². The molecule has 0 radical (unpaired) electrons. The quantitative estimate of drug-likeness (QED) is 0.173. The number of rotatable bonds is 8. The highest BCUT2D eigenvalue weighted by Gasteiger charge is 2.12. The Bertz CT molecular complexity index is 1250. The Morgan fingerprint density at radius 2 is 2.03 bits per heavy atom. The van der Waals surface area contributed by atoms with Gasteiger partial charge in [0.15, 0.2) is 16.7 Å². The lowest BCUT2D eigenvalue weighted by atomic mass is 10.1. The highest BCUT2D eigenvalue weighted by Crippen LogP contribution is 2.30. The van der Waals surface area contributed by atoms with Crippen LogP contribution < -0.4 is 4.74 Å². The van der Waals surface area contributed by atoms with Crippen LogP contribution in [-0.4, -0.2) is 27.9 Å². The molecule has 0 aliphatic heterocycles. The Kier molecular flexibility index (Phi) is 5.93. The Morgan fingerprint density at radius 1 is 1.17 bits per heavy atom. The average molecular weight is 420 g/mol. The average Bonchev–Trinajstić information content (AvgIpc) is 3.31. The minimum absolute atomic E-state index is 0.189. The fourth-order valence-corrected chi connectivity index (χ4v) is 4.22. The number of para-hydroxylation sites is 1. The molecule has 2 aromatic heterocycles. The molecular formula is C23H20N2O4S. The SMILES string of the molecule is CCOC(=C=O)CCCC(=O)Oc1cccc(-c2cn3c(n2)sc2ccccc23)c1. The minimum atomic E-state index is -0.356. The van der Waals surface area contributed by atoms with Crippen LogP contribution in [0.5, 0.6) is 5.75 Å². The largest absolute Gasteiger partial charge is 0.487 e. The van der Waals surface area contributed by atoms with E-state index in [1.165, 1.54) is 4.70 Å². The second-order valence-electron chi connectivity index (χ2n) is 6.66. The summed E-state index contributed by atoms with van der Waals surface area (Å²) in [7, 11) is 0. The molecule has 0 N–H and O–H groups in total. The van der Waals surface area contributed by atoms with E-state index in [9.17, 15) is 9.59 Å². The summed E-state index contributed by atoms with van der Waals surface area (Å²) in [5.41, 5.74) is 2.82. The molecule has 0 aliphatic carbocycles. The second-order valence-corrected chi connectivity index (χ2v) is 7.67. The highest BCUT2D eigenvalue weighted by atomic mass is 32.1. The fourth-order valence-electron chi connectivity index (χ4n) is 3.21. The fraction of sp³-hybridized carbons (Fsp3) is 0.217. The molecule has 0 amide bonds. The predicted octanol–water partition coefficient (Wildman–Crippen LogP) is 5.04. The number of thiazole rings is 1. The number of allylic oxidation sites excluding steroid dienone is 1. The number of carbonyl (C=O) groups excluding carboxylic acids is 2. The first kappa shape index (κ1) is 19.9. The summed E-state index contributed by atoms with van der Waals surface area (Å²) in [6, 6.07) is 15.5. The molecule has 6 nitrogen and oxygen atoms in total. The van der Waals surface area contributed by atoms with E-state index in [4.69, 9.17) is 14.5 Å². The van der Waals surface area contributed by atoms with Gasteiger partial charge in [-0.3, -0.25) is 9.20 Å². The van der Waals surface area contributed by atoms with Crippen LogP contribution in [0.2, 0.25) is 0 Å². The molecule has 0 bridgehead atoms. The molecule has 0 aliphatic rings. The van der Waals surface area contributed by atoms with Gasteiger partial charge in [0.2, 0.25) is 0 Å². The minimum Gasteiger partial charge on any atom is -0.487 e. The number of imidazole rings is 1. The zero-order valence-corrected chi connectivity index (χ0v) is 17.3. The first-order valence-corrected chi connectivity index (χ1v) is 10.5. The number of nitrogens with zero attached hydrogens (tertiary/aromatic N) is 2. The molecule has 0 fully saturated rings. The van der Waals surface area contributed by atoms with Crippen LogP contribution in [0.25, 0.3) is 26.4 Å². The van der Waals surface area contributed by atoms with Gasteiger partial charge >= 0.3 is 5.97 Å². The van der Waals surface area contributed by atoms with Crippen molar-refractivity contribution in [2.75, 3.05) is 6.61 Å². The van der Waals surface area contributed by atoms with Crippen LogP contribution in [0.4, 0.5) is 0 Å². The summed E-state index contributed by atoms with van der Waals surface area (Å²) < 4.78 is 13.9. The van der Waals surface area contributed by atoms with Gasteiger partial charge < -0.3 is 9.47 Å². The van der Waals surface area contributed by atoms with Crippen LogP contribution in [-0.2, 0) is 14.3 Å². The standard InChI is InChI=1S/C23H20N2O4S/c1-2-28-18(15-26)9-6-12-22(27)29-17-8-5-7-16(13-17)19-14-25-20-10-3-4-11-21(20)30-23(25)24-19/h3-5,7-8,10-11,13-14H,2,6,9,12H2,1H3. The highest BCUT2D eigenvalue weighted by molar-refractivity contribution is 7.23. The van der Waals surface area contributed by atoms with Crippen molar-refractivity contribution in [2.24, 2.45) is 0 Å². The molecule has 2 heterocycles. The molecule has 2 aromatic carbocycles. The Labute approximate surface area is 177 Å². The van der Waals surface area contributed by atoms with E-state index in [0.29, 0.717) is 25.2 Å². The molecule has 0 unspecified atom stereocenters. The maximum absolute atomic E-state index is 12.1. The zero-order valence-electron chi connectivity index (χ0n) is 16.5. The lowest BCUT2D eigenvalue weighted by Crippen LogP contribution is -2.08. The van der Waals surface area contributed by atoms with E-state index < -0.39 is 0 Å². The van der Waals surface area contributed by atoms with Crippen LogP contribution in [0.1, 0.15) is 26.2 Å². The maximum atomic E-state index is 12.1. The number of ether oxygens (including phenoxy) is 2. The van der Waals surface area contributed by atoms with Crippen LogP contribution in [0, 0.1) is 0 Å². The van der Waals surface area contributed by atoms with E-state index in [1.54, 1.807) is 30.3 Å². The molecule has 7 heteroatoms. The normalized spacial score (nSPS) is 10.8. The lowest BCUT2D eigenvalue weighted by Gasteiger charge is -2.06. The Morgan fingerprint density at radius 3 is 2.87 bits per heavy atom. The molecule has 0 atom stereocenters. The smallest absolute Gasteiger partial charge is 0.311 e. The van der Waals surface area contributed by atoms with E-state index >= 15 is 0 Å². The van der Waals surface area contributed by atoms with Gasteiger partial charge in [0, 0.05) is 24.6 Å². The van der Waals surface area contributed by atoms with Crippen molar-refractivity contribution in [2.45, 2.75) is 26.2 Å². The van der Waals surface area contributed by atoms with Crippen molar-refractivity contribution in [1.82, 2.24) is 9.38 Å². The molecule has 0 saturated heterocycles. The van der Waals surface area contributed by atoms with Crippen LogP contribution in [0.3, 0.4) is 0 Å². The number of fused-ring (bicyclic) bond motifs is 3. The van der Waals surface area contributed by atoms with E-state index in [-0.39, 0.29) is 18.1 Å². The monoisotopic (exact) mass is 420 g/mol. The first-order valence-electron chi connectivity index (χ1n) is 9.72. The van der Waals surface area contributed by atoms with Crippen LogP contribution in [0.15, 0.2) is 60.5 Å². The molecular weight excluding hydrogens is 400 g/mol. The second kappa shape index (κ2) is 8.95. The van der Waals surface area contributed by atoms with Crippen molar-refractivity contribution >= 4 is 38.4 Å². The van der Waals surface area contributed by atoms with Gasteiger partial charge in [-0.05, 0) is 37.6 Å². The maximum Gasteiger partial charge on any atom is 0.311 e. The molecule has 4 aromatic rings. The van der Waals surface area contributed by atoms with Gasteiger partial charge in [-0.15, -0.1) is 0 Å². The third-order valence-corrected chi connectivity index (χ3v) is 5.61. The zero-order chi connectivity index (χ0) is 20.9. The predicted molar refractivity (Wildman–Crippen MR) is 116 cm³/mol. The summed E-state index contributed by atoms with van der Waals surface area (Å²) in [5.74, 6) is 2.10. The molecule has 4 rings (SSSR count). The van der Waals surface area contributed by atoms with Gasteiger partial charge in [0.05, 0.1) is 22.5 Å². The number of aromatic nitrogens is 2. The van der Waals surface area contributed by atoms with Crippen molar-refractivity contribution in [3.8, 4) is 17.0 Å². The van der Waals surface area contributed by atoms with Gasteiger partial charge in [-0.25, -0.2) is 9.78 Å². The van der Waals surface area contributed by atoms with E-state index in [0.717, 1.165) is 21.7 Å². The van der Waals surface area contributed by atoms with Gasteiger partial charge in [0.25, 0.3) is 0 Å². The summed E-state index contributed by atoms with van der Waals surface area (Å²) >= 11 is 1.64. The Hall–Kier alpha value is -3.41. The summed E-state index contributed by atoms with van der Waals surface area (Å²) in [6.45, 7) is 2.20.